The molecule has 3 aromatic rings. The van der Waals surface area contributed by atoms with Gasteiger partial charge >= 0.3 is 0 Å². The van der Waals surface area contributed by atoms with Crippen LogP contribution in [0.3, 0.4) is 0 Å². The molecule has 0 aliphatic carbocycles. The summed E-state index contributed by atoms with van der Waals surface area (Å²) in [5.41, 5.74) is 1.43. The summed E-state index contributed by atoms with van der Waals surface area (Å²) < 4.78 is 4.74. The van der Waals surface area contributed by atoms with Gasteiger partial charge in [-0.15, -0.1) is 0 Å². The molecule has 3 rings (SSSR count). The van der Waals surface area contributed by atoms with Crippen molar-refractivity contribution in [2.45, 2.75) is 0 Å². The molecule has 0 saturated carbocycles. The summed E-state index contributed by atoms with van der Waals surface area (Å²) in [5.74, 6) is 0. The quantitative estimate of drug-likeness (QED) is 0.596. The fourth-order valence-electron chi connectivity index (χ4n) is 1.42. The molecule has 0 aliphatic rings. The van der Waals surface area contributed by atoms with E-state index >= 15 is 0 Å². The molecule has 0 fully saturated rings. The number of nitrogens with one attached hydrogen (secondary N) is 1. The number of aromatic nitrogens is 3. The molecular formula is C8H4ClN3O. The highest BCUT2D eigenvalue weighted by molar-refractivity contribution is 6.36. The van der Waals surface area contributed by atoms with Crippen molar-refractivity contribution >= 4 is 33.4 Å². The highest BCUT2D eigenvalue weighted by atomic mass is 35.5. The van der Waals surface area contributed by atoms with Gasteiger partial charge in [-0.2, -0.15) is 5.16 Å². The minimum atomic E-state index is 0.570. The molecule has 4 nitrogen and oxygen atoms in total. The first-order valence-corrected chi connectivity index (χ1v) is 4.10. The molecule has 0 saturated heterocycles. The average molecular weight is 194 g/mol. The molecule has 2 heterocycles. The maximum Gasteiger partial charge on any atom is 0.151 e. The van der Waals surface area contributed by atoms with E-state index in [0.29, 0.717) is 10.5 Å². The fourth-order valence-corrected chi connectivity index (χ4v) is 1.67. The normalized spacial score (nSPS) is 11.5. The van der Waals surface area contributed by atoms with Crippen LogP contribution in [0.1, 0.15) is 0 Å². The van der Waals surface area contributed by atoms with Crippen LogP contribution in [0.5, 0.6) is 0 Å². The molecule has 0 amide bonds. The number of fused-ring (bicyclic) bond motifs is 3. The third-order valence-electron chi connectivity index (χ3n) is 2.03. The van der Waals surface area contributed by atoms with Crippen LogP contribution in [0.15, 0.2) is 23.1 Å². The van der Waals surface area contributed by atoms with Crippen molar-refractivity contribution < 1.29 is 4.63 Å². The Labute approximate surface area is 77.4 Å². The van der Waals surface area contributed by atoms with Crippen LogP contribution in [-0.4, -0.2) is 15.3 Å². The lowest BCUT2D eigenvalue weighted by molar-refractivity contribution is 0.316. The van der Waals surface area contributed by atoms with Crippen LogP contribution in [0.4, 0.5) is 0 Å². The van der Waals surface area contributed by atoms with Crippen molar-refractivity contribution in [1.29, 1.82) is 0 Å². The fraction of sp³-hybridized carbons (Fsp3) is 0. The Balaban J connectivity index is 2.70. The van der Waals surface area contributed by atoms with Crippen molar-refractivity contribution in [1.82, 2.24) is 15.3 Å². The number of nitrogens with zero attached hydrogens (tertiary/aromatic N) is 2. The van der Waals surface area contributed by atoms with Gasteiger partial charge in [-0.05, 0) is 6.07 Å². The maximum atomic E-state index is 5.96. The van der Waals surface area contributed by atoms with Gasteiger partial charge in [0.05, 0.1) is 5.02 Å². The van der Waals surface area contributed by atoms with E-state index in [-0.39, 0.29) is 0 Å². The minimum Gasteiger partial charge on any atom is -0.270 e. The van der Waals surface area contributed by atoms with Gasteiger partial charge in [0.15, 0.2) is 5.52 Å². The van der Waals surface area contributed by atoms with Crippen LogP contribution in [0.2, 0.25) is 5.02 Å². The van der Waals surface area contributed by atoms with Gasteiger partial charge in [0.25, 0.3) is 0 Å². The molecular weight excluding hydrogens is 190 g/mol. The molecule has 0 atom stereocenters. The Hall–Kier alpha value is -1.55. The van der Waals surface area contributed by atoms with Crippen LogP contribution in [0.25, 0.3) is 21.8 Å². The zero-order valence-electron chi connectivity index (χ0n) is 6.41. The summed E-state index contributed by atoms with van der Waals surface area (Å²) >= 11 is 5.96. The zero-order chi connectivity index (χ0) is 8.84. The molecule has 0 spiro atoms. The van der Waals surface area contributed by atoms with Gasteiger partial charge in [0, 0.05) is 23.2 Å². The van der Waals surface area contributed by atoms with E-state index in [2.05, 4.69) is 15.3 Å². The van der Waals surface area contributed by atoms with Gasteiger partial charge < -0.3 is 0 Å². The van der Waals surface area contributed by atoms with E-state index in [1.165, 1.54) is 0 Å². The summed E-state index contributed by atoms with van der Waals surface area (Å²) in [6.07, 6.45) is 3.50. The monoisotopic (exact) mass is 193 g/mol. The van der Waals surface area contributed by atoms with Gasteiger partial charge in [0.1, 0.15) is 5.52 Å². The van der Waals surface area contributed by atoms with Crippen molar-refractivity contribution in [3.8, 4) is 0 Å². The highest BCUT2D eigenvalue weighted by Gasteiger charge is 2.09. The van der Waals surface area contributed by atoms with E-state index in [1.54, 1.807) is 12.4 Å². The first kappa shape index (κ1) is 6.91. The van der Waals surface area contributed by atoms with E-state index in [1.807, 2.05) is 6.07 Å². The Kier molecular flexibility index (Phi) is 1.19. The second-order valence-corrected chi connectivity index (χ2v) is 3.18. The first-order chi connectivity index (χ1) is 6.36. The molecule has 2 aromatic heterocycles. The molecule has 1 aromatic carbocycles. The predicted octanol–water partition coefficient (Wildman–Crippen LogP) is 2.36. The van der Waals surface area contributed by atoms with Crippen molar-refractivity contribution in [2.24, 2.45) is 0 Å². The van der Waals surface area contributed by atoms with E-state index in [0.717, 1.165) is 16.3 Å². The third-order valence-corrected chi connectivity index (χ3v) is 2.32. The molecule has 0 unspecified atom stereocenters. The number of rotatable bonds is 0. The third kappa shape index (κ3) is 0.805. The van der Waals surface area contributed by atoms with Gasteiger partial charge in [-0.3, -0.25) is 9.61 Å². The molecule has 64 valence electrons. The predicted molar refractivity (Wildman–Crippen MR) is 48.7 cm³/mol. The standard InChI is InChI=1S/C8H4ClN3O/c9-6-1-4-2-10-3-5(4)7-8(6)12-13-11-7/h1-3,11H. The van der Waals surface area contributed by atoms with Crippen molar-refractivity contribution in [3.05, 3.63) is 23.5 Å². The van der Waals surface area contributed by atoms with Crippen LogP contribution < -0.4 is 0 Å². The smallest absolute Gasteiger partial charge is 0.151 e. The summed E-state index contributed by atoms with van der Waals surface area (Å²) in [6.45, 7) is 0. The van der Waals surface area contributed by atoms with Gasteiger partial charge in [0.2, 0.25) is 0 Å². The van der Waals surface area contributed by atoms with E-state index in [9.17, 15) is 0 Å². The second-order valence-electron chi connectivity index (χ2n) is 2.78. The highest BCUT2D eigenvalue weighted by Crippen LogP contribution is 2.28. The number of hydrogen-bond acceptors (Lipinski definition) is 3. The Morgan fingerprint density at radius 3 is 3.23 bits per heavy atom. The van der Waals surface area contributed by atoms with Crippen LogP contribution >= 0.6 is 11.6 Å². The van der Waals surface area contributed by atoms with Crippen molar-refractivity contribution in [2.75, 3.05) is 0 Å². The van der Waals surface area contributed by atoms with Gasteiger partial charge in [-0.1, -0.05) is 16.8 Å². The molecule has 13 heavy (non-hydrogen) atoms. The average Bonchev–Trinajstić information content (AvgIpc) is 2.66. The molecule has 0 bridgehead atoms. The zero-order valence-corrected chi connectivity index (χ0v) is 7.17. The number of H-pyrrole nitrogens is 1. The largest absolute Gasteiger partial charge is 0.270 e. The number of benzene rings is 1. The van der Waals surface area contributed by atoms with E-state index < -0.39 is 0 Å². The first-order valence-electron chi connectivity index (χ1n) is 3.72. The van der Waals surface area contributed by atoms with Crippen LogP contribution in [0, 0.1) is 0 Å². The molecule has 1 N–H and O–H groups in total. The summed E-state index contributed by atoms with van der Waals surface area (Å²) in [4.78, 5) is 4.02. The Bertz CT molecular complexity index is 583. The summed E-state index contributed by atoms with van der Waals surface area (Å²) in [7, 11) is 0. The lowest BCUT2D eigenvalue weighted by atomic mass is 10.2. The molecule has 0 radical (unpaired) electrons. The van der Waals surface area contributed by atoms with Crippen molar-refractivity contribution in [3.63, 3.8) is 0 Å². The topological polar surface area (TPSA) is 54.7 Å². The summed E-state index contributed by atoms with van der Waals surface area (Å²) in [6, 6.07) is 1.82. The number of halogens is 1. The number of aromatic amines is 1. The van der Waals surface area contributed by atoms with E-state index in [4.69, 9.17) is 16.2 Å². The number of hydrogen-bond donors (Lipinski definition) is 1. The maximum absolute atomic E-state index is 5.96. The van der Waals surface area contributed by atoms with Gasteiger partial charge in [-0.25, -0.2) is 0 Å². The SMILES string of the molecule is Clc1cc2cncc2c2[nH]onc12. The lowest BCUT2D eigenvalue weighted by Crippen LogP contribution is -1.73. The summed E-state index contributed by atoms with van der Waals surface area (Å²) in [5, 5.41) is 8.96. The second kappa shape index (κ2) is 2.23. The lowest BCUT2D eigenvalue weighted by Gasteiger charge is -1.91. The minimum absolute atomic E-state index is 0.570. The Morgan fingerprint density at radius 2 is 2.31 bits per heavy atom. The molecule has 5 heteroatoms. The molecule has 0 aliphatic heterocycles. The van der Waals surface area contributed by atoms with Crippen LogP contribution in [-0.2, 0) is 0 Å². The Morgan fingerprint density at radius 1 is 1.38 bits per heavy atom.